The van der Waals surface area contributed by atoms with Crippen molar-refractivity contribution in [2.24, 2.45) is 0 Å². The molecule has 0 spiro atoms. The molecule has 1 N–H and O–H groups in total. The Labute approximate surface area is 112 Å². The van der Waals surface area contributed by atoms with Crippen LogP contribution in [0, 0.1) is 0 Å². The van der Waals surface area contributed by atoms with Crippen molar-refractivity contribution in [1.82, 2.24) is 9.55 Å². The first-order valence-corrected chi connectivity index (χ1v) is 5.83. The molecular weight excluding hydrogens is 279 g/mol. The summed E-state index contributed by atoms with van der Waals surface area (Å²) in [4.78, 5) is 26.6. The standard InChI is InChI=1S/C11H14F3N3O3/c1-2-4-16-5-3-15-9(10(16)20)17(6-8(18)19)7-11(12,13)14/h3,5H,2,4,6-7H2,1H3,(H,18,19). The van der Waals surface area contributed by atoms with Crippen LogP contribution >= 0.6 is 0 Å². The summed E-state index contributed by atoms with van der Waals surface area (Å²) in [6, 6.07) is 0. The molecule has 0 saturated heterocycles. The third-order valence-electron chi connectivity index (χ3n) is 2.36. The molecule has 0 aliphatic heterocycles. The summed E-state index contributed by atoms with van der Waals surface area (Å²) >= 11 is 0. The predicted octanol–water partition coefficient (Wildman–Crippen LogP) is 1.11. The molecule has 0 aliphatic carbocycles. The topological polar surface area (TPSA) is 75.4 Å². The highest BCUT2D eigenvalue weighted by atomic mass is 19.4. The second-order valence-electron chi connectivity index (χ2n) is 4.11. The average molecular weight is 293 g/mol. The summed E-state index contributed by atoms with van der Waals surface area (Å²) in [7, 11) is 0. The van der Waals surface area contributed by atoms with E-state index in [-0.39, 0.29) is 0 Å². The van der Waals surface area contributed by atoms with Crippen LogP contribution in [0.4, 0.5) is 19.0 Å². The molecule has 1 aromatic rings. The second-order valence-corrected chi connectivity index (χ2v) is 4.11. The molecule has 0 fully saturated rings. The van der Waals surface area contributed by atoms with E-state index in [0.29, 0.717) is 17.9 Å². The van der Waals surface area contributed by atoms with E-state index in [2.05, 4.69) is 4.98 Å². The van der Waals surface area contributed by atoms with Gasteiger partial charge in [0.25, 0.3) is 5.56 Å². The van der Waals surface area contributed by atoms with Gasteiger partial charge >= 0.3 is 12.1 Å². The molecule has 1 aromatic heterocycles. The largest absolute Gasteiger partial charge is 0.480 e. The Bertz CT molecular complexity index is 528. The average Bonchev–Trinajstić information content (AvgIpc) is 2.29. The zero-order chi connectivity index (χ0) is 15.3. The zero-order valence-corrected chi connectivity index (χ0v) is 10.7. The minimum Gasteiger partial charge on any atom is -0.480 e. The van der Waals surface area contributed by atoms with Crippen LogP contribution in [0.15, 0.2) is 17.2 Å². The molecule has 0 radical (unpaired) electrons. The van der Waals surface area contributed by atoms with Gasteiger partial charge in [-0.25, -0.2) is 4.98 Å². The van der Waals surface area contributed by atoms with Gasteiger partial charge in [0, 0.05) is 18.9 Å². The van der Waals surface area contributed by atoms with Crippen LogP contribution in [0.2, 0.25) is 0 Å². The fourth-order valence-electron chi connectivity index (χ4n) is 1.66. The molecule has 0 amide bonds. The molecule has 0 saturated carbocycles. The summed E-state index contributed by atoms with van der Waals surface area (Å²) in [5.74, 6) is -1.98. The van der Waals surface area contributed by atoms with Crippen molar-refractivity contribution in [2.45, 2.75) is 26.1 Å². The number of rotatable bonds is 6. The first-order chi connectivity index (χ1) is 9.24. The van der Waals surface area contributed by atoms with Gasteiger partial charge in [0.2, 0.25) is 0 Å². The summed E-state index contributed by atoms with van der Waals surface area (Å²) in [5, 5.41) is 8.66. The summed E-state index contributed by atoms with van der Waals surface area (Å²) in [6.45, 7) is -0.367. The second kappa shape index (κ2) is 6.40. The Hall–Kier alpha value is -2.06. The smallest absolute Gasteiger partial charge is 0.405 e. The van der Waals surface area contributed by atoms with E-state index in [0.717, 1.165) is 0 Å². The minimum atomic E-state index is -4.63. The van der Waals surface area contributed by atoms with Crippen LogP contribution in [-0.2, 0) is 11.3 Å². The number of hydrogen-bond acceptors (Lipinski definition) is 4. The van der Waals surface area contributed by atoms with Gasteiger partial charge in [-0.3, -0.25) is 9.59 Å². The summed E-state index contributed by atoms with van der Waals surface area (Å²) in [6.07, 6.45) is -1.49. The van der Waals surface area contributed by atoms with Gasteiger partial charge < -0.3 is 14.6 Å². The molecule has 20 heavy (non-hydrogen) atoms. The molecule has 0 unspecified atom stereocenters. The monoisotopic (exact) mass is 293 g/mol. The van der Waals surface area contributed by atoms with Crippen LogP contribution in [0.1, 0.15) is 13.3 Å². The molecule has 1 heterocycles. The molecular formula is C11H14F3N3O3. The Kier molecular flexibility index (Phi) is 5.12. The number of nitrogens with zero attached hydrogens (tertiary/aromatic N) is 3. The Balaban J connectivity index is 3.16. The van der Waals surface area contributed by atoms with Crippen molar-refractivity contribution in [1.29, 1.82) is 0 Å². The molecule has 0 bridgehead atoms. The maximum atomic E-state index is 12.5. The van der Waals surface area contributed by atoms with Gasteiger partial charge in [-0.05, 0) is 6.42 Å². The lowest BCUT2D eigenvalue weighted by molar-refractivity contribution is -0.136. The fraction of sp³-hybridized carbons (Fsp3) is 0.545. The van der Waals surface area contributed by atoms with Crippen molar-refractivity contribution >= 4 is 11.8 Å². The Morgan fingerprint density at radius 2 is 2.15 bits per heavy atom. The van der Waals surface area contributed by atoms with Crippen LogP contribution in [-0.4, -0.2) is 39.9 Å². The third kappa shape index (κ3) is 4.56. The lowest BCUT2D eigenvalue weighted by Crippen LogP contribution is -2.42. The third-order valence-corrected chi connectivity index (χ3v) is 2.36. The van der Waals surface area contributed by atoms with E-state index in [9.17, 15) is 22.8 Å². The predicted molar refractivity (Wildman–Crippen MR) is 64.7 cm³/mol. The molecule has 9 heteroatoms. The lowest BCUT2D eigenvalue weighted by Gasteiger charge is -2.22. The molecule has 0 aliphatic rings. The van der Waals surface area contributed by atoms with Crippen molar-refractivity contribution in [3.8, 4) is 0 Å². The first-order valence-electron chi connectivity index (χ1n) is 5.83. The summed E-state index contributed by atoms with van der Waals surface area (Å²) < 4.78 is 38.6. The number of aryl methyl sites for hydroxylation is 1. The van der Waals surface area contributed by atoms with E-state index in [1.165, 1.54) is 17.0 Å². The maximum absolute atomic E-state index is 12.5. The number of halogens is 3. The highest BCUT2D eigenvalue weighted by Gasteiger charge is 2.33. The Morgan fingerprint density at radius 1 is 1.50 bits per heavy atom. The number of carboxylic acid groups (broad SMARTS) is 1. The molecule has 1 rings (SSSR count). The fourth-order valence-corrected chi connectivity index (χ4v) is 1.66. The molecule has 112 valence electrons. The van der Waals surface area contributed by atoms with Crippen LogP contribution in [0.5, 0.6) is 0 Å². The molecule has 0 aromatic carbocycles. The van der Waals surface area contributed by atoms with Gasteiger partial charge in [0.15, 0.2) is 5.82 Å². The number of aromatic nitrogens is 2. The van der Waals surface area contributed by atoms with Crippen LogP contribution < -0.4 is 10.5 Å². The number of carbonyl (C=O) groups is 1. The van der Waals surface area contributed by atoms with Crippen molar-refractivity contribution in [2.75, 3.05) is 18.0 Å². The maximum Gasteiger partial charge on any atom is 0.405 e. The lowest BCUT2D eigenvalue weighted by atomic mass is 10.4. The zero-order valence-electron chi connectivity index (χ0n) is 10.7. The highest BCUT2D eigenvalue weighted by molar-refractivity contribution is 5.73. The van der Waals surface area contributed by atoms with Gasteiger partial charge in [-0.15, -0.1) is 0 Å². The van der Waals surface area contributed by atoms with Gasteiger partial charge in [-0.1, -0.05) is 6.92 Å². The minimum absolute atomic E-state index is 0.321. The van der Waals surface area contributed by atoms with Crippen LogP contribution in [0.25, 0.3) is 0 Å². The van der Waals surface area contributed by atoms with Gasteiger partial charge in [0.1, 0.15) is 13.1 Å². The van der Waals surface area contributed by atoms with E-state index in [1.54, 1.807) is 6.92 Å². The number of hydrogen-bond donors (Lipinski definition) is 1. The molecule has 6 nitrogen and oxygen atoms in total. The normalized spacial score (nSPS) is 11.4. The van der Waals surface area contributed by atoms with Gasteiger partial charge in [-0.2, -0.15) is 13.2 Å². The number of aliphatic carboxylic acids is 1. The SMILES string of the molecule is CCCn1ccnc(N(CC(=O)O)CC(F)(F)F)c1=O. The number of anilines is 1. The first kappa shape index (κ1) is 16.0. The van der Waals surface area contributed by atoms with E-state index in [4.69, 9.17) is 5.11 Å². The summed E-state index contributed by atoms with van der Waals surface area (Å²) in [5.41, 5.74) is -0.736. The van der Waals surface area contributed by atoms with E-state index in [1.807, 2.05) is 0 Å². The van der Waals surface area contributed by atoms with Crippen molar-refractivity contribution in [3.05, 3.63) is 22.7 Å². The van der Waals surface area contributed by atoms with E-state index >= 15 is 0 Å². The highest BCUT2D eigenvalue weighted by Crippen LogP contribution is 2.18. The van der Waals surface area contributed by atoms with Crippen LogP contribution in [0.3, 0.4) is 0 Å². The molecule has 0 atom stereocenters. The Morgan fingerprint density at radius 3 is 2.65 bits per heavy atom. The van der Waals surface area contributed by atoms with E-state index < -0.39 is 36.6 Å². The number of alkyl halides is 3. The van der Waals surface area contributed by atoms with Crippen molar-refractivity contribution < 1.29 is 23.1 Å². The van der Waals surface area contributed by atoms with Gasteiger partial charge in [0.05, 0.1) is 0 Å². The number of carboxylic acids is 1. The van der Waals surface area contributed by atoms with Crippen molar-refractivity contribution in [3.63, 3.8) is 0 Å². The quantitative estimate of drug-likeness (QED) is 0.850.